The lowest BCUT2D eigenvalue weighted by Crippen LogP contribution is -2.20. The van der Waals surface area contributed by atoms with Gasteiger partial charge in [-0.3, -0.25) is 0 Å². The number of hydrogen-bond donors (Lipinski definition) is 1. The van der Waals surface area contributed by atoms with E-state index >= 15 is 0 Å². The van der Waals surface area contributed by atoms with E-state index in [-0.39, 0.29) is 5.75 Å². The number of alkyl halides is 3. The monoisotopic (exact) mass is 277 g/mol. The third-order valence-corrected chi connectivity index (χ3v) is 2.66. The Labute approximate surface area is 108 Å². The molecule has 0 spiro atoms. The van der Waals surface area contributed by atoms with Crippen molar-refractivity contribution in [3.05, 3.63) is 29.8 Å². The molecule has 0 aromatic heterocycles. The van der Waals surface area contributed by atoms with Gasteiger partial charge in [-0.25, -0.2) is 0 Å². The molecule has 0 aliphatic carbocycles. The zero-order chi connectivity index (χ0) is 13.9. The maximum atomic E-state index is 12.1. The Morgan fingerprint density at radius 1 is 1.32 bits per heavy atom. The fourth-order valence-corrected chi connectivity index (χ4v) is 1.83. The van der Waals surface area contributed by atoms with Crippen LogP contribution in [0.4, 0.5) is 13.2 Å². The van der Waals surface area contributed by atoms with Gasteiger partial charge in [-0.15, -0.1) is 13.2 Å². The first-order valence-corrected chi connectivity index (χ1v) is 5.78. The highest BCUT2D eigenvalue weighted by atomic mass is 19.4. The van der Waals surface area contributed by atoms with Gasteiger partial charge in [0.25, 0.3) is 0 Å². The van der Waals surface area contributed by atoms with E-state index < -0.39 is 18.7 Å². The number of hydrogen-bond acceptors (Lipinski definition) is 4. The molecular formula is C12H14F3NO3. The van der Waals surface area contributed by atoms with Gasteiger partial charge in [0.15, 0.2) is 6.29 Å². The lowest BCUT2D eigenvalue weighted by atomic mass is 10.0. The second kappa shape index (κ2) is 5.77. The highest BCUT2D eigenvalue weighted by Crippen LogP contribution is 2.27. The van der Waals surface area contributed by atoms with Gasteiger partial charge in [-0.2, -0.15) is 0 Å². The van der Waals surface area contributed by atoms with Gasteiger partial charge in [0.2, 0.25) is 0 Å². The summed E-state index contributed by atoms with van der Waals surface area (Å²) in [5.41, 5.74) is 6.45. The first kappa shape index (κ1) is 14.1. The molecule has 1 heterocycles. The topological polar surface area (TPSA) is 53.7 Å². The van der Waals surface area contributed by atoms with E-state index in [1.165, 1.54) is 18.2 Å². The number of nitrogens with two attached hydrogens (primary N) is 1. The zero-order valence-corrected chi connectivity index (χ0v) is 10.0. The van der Waals surface area contributed by atoms with E-state index in [0.29, 0.717) is 25.2 Å². The zero-order valence-electron chi connectivity index (χ0n) is 10.0. The van der Waals surface area contributed by atoms with Crippen molar-refractivity contribution >= 4 is 0 Å². The Morgan fingerprint density at radius 3 is 2.63 bits per heavy atom. The summed E-state index contributed by atoms with van der Waals surface area (Å²) in [5, 5.41) is 0. The first-order chi connectivity index (χ1) is 8.94. The molecule has 19 heavy (non-hydrogen) atoms. The molecule has 1 fully saturated rings. The summed E-state index contributed by atoms with van der Waals surface area (Å²) in [7, 11) is 0. The van der Waals surface area contributed by atoms with Crippen molar-refractivity contribution in [3.63, 3.8) is 0 Å². The normalized spacial score (nSPS) is 18.5. The van der Waals surface area contributed by atoms with Crippen LogP contribution in [-0.2, 0) is 9.47 Å². The predicted molar refractivity (Wildman–Crippen MR) is 60.4 cm³/mol. The molecule has 1 aromatic carbocycles. The minimum Gasteiger partial charge on any atom is -0.406 e. The van der Waals surface area contributed by atoms with Gasteiger partial charge in [0.05, 0.1) is 13.2 Å². The molecule has 2 rings (SSSR count). The Balaban J connectivity index is 2.00. The van der Waals surface area contributed by atoms with Crippen molar-refractivity contribution in [2.24, 2.45) is 5.73 Å². The van der Waals surface area contributed by atoms with E-state index in [2.05, 4.69) is 4.74 Å². The van der Waals surface area contributed by atoms with Crippen molar-refractivity contribution in [1.29, 1.82) is 0 Å². The largest absolute Gasteiger partial charge is 0.573 e. The van der Waals surface area contributed by atoms with Crippen LogP contribution in [0.5, 0.6) is 5.75 Å². The van der Waals surface area contributed by atoms with Crippen LogP contribution in [0, 0.1) is 0 Å². The standard InChI is InChI=1S/C12H14F3NO3/c13-12(14,15)19-9-3-1-2-8(6-9)10(16)7-11-17-4-5-18-11/h1-3,6,10-11H,4-5,7,16H2. The van der Waals surface area contributed by atoms with E-state index in [9.17, 15) is 13.2 Å². The average Bonchev–Trinajstić information content (AvgIpc) is 2.80. The minimum atomic E-state index is -4.71. The van der Waals surface area contributed by atoms with Crippen LogP contribution in [0.2, 0.25) is 0 Å². The Hall–Kier alpha value is -1.31. The average molecular weight is 277 g/mol. The van der Waals surface area contributed by atoms with Gasteiger partial charge < -0.3 is 19.9 Å². The molecule has 1 saturated heterocycles. The van der Waals surface area contributed by atoms with E-state index in [1.54, 1.807) is 6.07 Å². The second-order valence-corrected chi connectivity index (χ2v) is 4.13. The molecule has 106 valence electrons. The minimum absolute atomic E-state index is 0.284. The number of ether oxygens (including phenoxy) is 3. The molecule has 1 aromatic rings. The predicted octanol–water partition coefficient (Wildman–Crippen LogP) is 2.35. The second-order valence-electron chi connectivity index (χ2n) is 4.13. The van der Waals surface area contributed by atoms with E-state index in [1.807, 2.05) is 0 Å². The summed E-state index contributed by atoms with van der Waals surface area (Å²) >= 11 is 0. The van der Waals surface area contributed by atoms with E-state index in [0.717, 1.165) is 0 Å². The van der Waals surface area contributed by atoms with Crippen molar-refractivity contribution in [1.82, 2.24) is 0 Å². The fraction of sp³-hybridized carbons (Fsp3) is 0.500. The number of rotatable bonds is 4. The highest BCUT2D eigenvalue weighted by molar-refractivity contribution is 5.30. The van der Waals surface area contributed by atoms with Crippen molar-refractivity contribution in [2.45, 2.75) is 25.1 Å². The first-order valence-electron chi connectivity index (χ1n) is 5.78. The van der Waals surface area contributed by atoms with Crippen molar-refractivity contribution in [2.75, 3.05) is 13.2 Å². The maximum absolute atomic E-state index is 12.1. The fourth-order valence-electron chi connectivity index (χ4n) is 1.83. The molecule has 1 aliphatic heterocycles. The Kier molecular flexibility index (Phi) is 4.28. The molecule has 2 N–H and O–H groups in total. The van der Waals surface area contributed by atoms with Crippen molar-refractivity contribution in [3.8, 4) is 5.75 Å². The summed E-state index contributed by atoms with van der Waals surface area (Å²) in [4.78, 5) is 0. The molecule has 1 unspecified atom stereocenters. The summed E-state index contributed by atoms with van der Waals surface area (Å²) < 4.78 is 50.7. The Bertz CT molecular complexity index is 419. The van der Waals surface area contributed by atoms with Crippen LogP contribution in [0.25, 0.3) is 0 Å². The smallest absolute Gasteiger partial charge is 0.406 e. The molecule has 4 nitrogen and oxygen atoms in total. The van der Waals surface area contributed by atoms with Crippen LogP contribution in [0.15, 0.2) is 24.3 Å². The maximum Gasteiger partial charge on any atom is 0.573 e. The lowest BCUT2D eigenvalue weighted by Gasteiger charge is -2.17. The van der Waals surface area contributed by atoms with E-state index in [4.69, 9.17) is 15.2 Å². The van der Waals surface area contributed by atoms with Gasteiger partial charge in [0.1, 0.15) is 5.75 Å². The molecular weight excluding hydrogens is 263 g/mol. The molecule has 0 amide bonds. The molecule has 1 aliphatic rings. The summed E-state index contributed by atoms with van der Waals surface area (Å²) in [6.45, 7) is 1.02. The van der Waals surface area contributed by atoms with Crippen molar-refractivity contribution < 1.29 is 27.4 Å². The molecule has 1 atom stereocenters. The van der Waals surface area contributed by atoms with Crippen LogP contribution in [0.1, 0.15) is 18.0 Å². The van der Waals surface area contributed by atoms with Crippen LogP contribution in [0.3, 0.4) is 0 Å². The third kappa shape index (κ3) is 4.38. The van der Waals surface area contributed by atoms with Gasteiger partial charge in [-0.1, -0.05) is 12.1 Å². The quantitative estimate of drug-likeness (QED) is 0.917. The lowest BCUT2D eigenvalue weighted by molar-refractivity contribution is -0.274. The number of benzene rings is 1. The van der Waals surface area contributed by atoms with Gasteiger partial charge in [0, 0.05) is 12.5 Å². The number of halogens is 3. The summed E-state index contributed by atoms with van der Waals surface area (Å²) in [6.07, 6.45) is -4.72. The molecule has 0 bridgehead atoms. The van der Waals surface area contributed by atoms with Crippen LogP contribution in [-0.4, -0.2) is 25.9 Å². The summed E-state index contributed by atoms with van der Waals surface area (Å²) in [5.74, 6) is -0.284. The molecule has 0 radical (unpaired) electrons. The third-order valence-electron chi connectivity index (χ3n) is 2.66. The van der Waals surface area contributed by atoms with Gasteiger partial charge in [-0.05, 0) is 17.7 Å². The van der Waals surface area contributed by atoms with Gasteiger partial charge >= 0.3 is 6.36 Å². The highest BCUT2D eigenvalue weighted by Gasteiger charge is 2.31. The molecule has 7 heteroatoms. The Morgan fingerprint density at radius 2 is 2.00 bits per heavy atom. The molecule has 0 saturated carbocycles. The summed E-state index contributed by atoms with van der Waals surface area (Å²) in [6, 6.07) is 5.13. The van der Waals surface area contributed by atoms with Crippen LogP contribution >= 0.6 is 0 Å². The SMILES string of the molecule is NC(CC1OCCO1)c1cccc(OC(F)(F)F)c1. The van der Waals surface area contributed by atoms with Crippen LogP contribution < -0.4 is 10.5 Å².